The molecule has 3 aromatic carbocycles. The number of aromatic nitrogens is 1. The van der Waals surface area contributed by atoms with Crippen molar-refractivity contribution in [3.05, 3.63) is 83.4 Å². The lowest BCUT2D eigenvalue weighted by molar-refractivity contribution is 0.350. The van der Waals surface area contributed by atoms with Gasteiger partial charge in [-0.25, -0.2) is 4.98 Å². The molecule has 0 fully saturated rings. The first-order chi connectivity index (χ1) is 14.8. The van der Waals surface area contributed by atoms with Gasteiger partial charge in [-0.15, -0.1) is 0 Å². The highest BCUT2D eigenvalue weighted by Crippen LogP contribution is 2.49. The molecular formula is C26H24N2O2. The molecule has 150 valence electrons. The maximum Gasteiger partial charge on any atom is 0.164 e. The van der Waals surface area contributed by atoms with Crippen molar-refractivity contribution in [1.82, 2.24) is 4.98 Å². The van der Waals surface area contributed by atoms with Crippen LogP contribution in [-0.4, -0.2) is 26.3 Å². The van der Waals surface area contributed by atoms with E-state index in [1.54, 1.807) is 14.2 Å². The highest BCUT2D eigenvalue weighted by atomic mass is 16.5. The molecule has 1 aliphatic carbocycles. The molecule has 0 bridgehead atoms. The molecule has 1 atom stereocenters. The van der Waals surface area contributed by atoms with E-state index in [2.05, 4.69) is 59.9 Å². The van der Waals surface area contributed by atoms with Gasteiger partial charge in [0.1, 0.15) is 5.82 Å². The average Bonchev–Trinajstić information content (AvgIpc) is 2.82. The van der Waals surface area contributed by atoms with Crippen molar-refractivity contribution in [2.24, 2.45) is 0 Å². The van der Waals surface area contributed by atoms with Crippen molar-refractivity contribution in [3.63, 3.8) is 0 Å². The Bertz CT molecular complexity index is 1250. The van der Waals surface area contributed by atoms with Crippen LogP contribution in [0, 0.1) is 0 Å². The van der Waals surface area contributed by atoms with Gasteiger partial charge < -0.3 is 14.8 Å². The third-order valence-corrected chi connectivity index (χ3v) is 6.04. The second kappa shape index (κ2) is 7.38. The number of para-hydroxylation sites is 1. The summed E-state index contributed by atoms with van der Waals surface area (Å²) >= 11 is 0. The van der Waals surface area contributed by atoms with Gasteiger partial charge in [0.05, 0.1) is 19.9 Å². The van der Waals surface area contributed by atoms with Gasteiger partial charge in [-0.1, -0.05) is 60.7 Å². The van der Waals surface area contributed by atoms with Gasteiger partial charge in [-0.3, -0.25) is 0 Å². The topological polar surface area (TPSA) is 43.4 Å². The summed E-state index contributed by atoms with van der Waals surface area (Å²) in [4.78, 5) is 5.09. The Kier molecular flexibility index (Phi) is 4.55. The maximum atomic E-state index is 5.82. The Balaban J connectivity index is 1.87. The van der Waals surface area contributed by atoms with Crippen molar-refractivity contribution in [1.29, 1.82) is 0 Å². The summed E-state index contributed by atoms with van der Waals surface area (Å²) in [6, 6.07) is 23.2. The Morgan fingerprint density at radius 1 is 0.867 bits per heavy atom. The maximum absolute atomic E-state index is 5.82. The Labute approximate surface area is 176 Å². The fourth-order valence-electron chi connectivity index (χ4n) is 4.74. The lowest BCUT2D eigenvalue weighted by Crippen LogP contribution is -2.16. The lowest BCUT2D eigenvalue weighted by atomic mass is 9.75. The molecule has 4 nitrogen and oxygen atoms in total. The Hall–Kier alpha value is -3.53. The quantitative estimate of drug-likeness (QED) is 0.484. The molecular weight excluding hydrogens is 372 g/mol. The summed E-state index contributed by atoms with van der Waals surface area (Å²) in [5.41, 5.74) is 5.90. The molecule has 0 amide bonds. The fraction of sp³-hybridized carbons (Fsp3) is 0.192. The van der Waals surface area contributed by atoms with Crippen LogP contribution in [0.5, 0.6) is 11.5 Å². The number of hydrogen-bond acceptors (Lipinski definition) is 4. The number of anilines is 1. The summed E-state index contributed by atoms with van der Waals surface area (Å²) in [5, 5.41) is 5.64. The highest BCUT2D eigenvalue weighted by Gasteiger charge is 2.32. The smallest absolute Gasteiger partial charge is 0.164 e. The minimum Gasteiger partial charge on any atom is -0.493 e. The molecule has 0 saturated carbocycles. The lowest BCUT2D eigenvalue weighted by Gasteiger charge is -2.30. The van der Waals surface area contributed by atoms with Crippen molar-refractivity contribution >= 4 is 16.6 Å². The fourth-order valence-corrected chi connectivity index (χ4v) is 4.74. The molecule has 1 aliphatic rings. The molecule has 30 heavy (non-hydrogen) atoms. The van der Waals surface area contributed by atoms with Gasteiger partial charge in [0, 0.05) is 29.5 Å². The summed E-state index contributed by atoms with van der Waals surface area (Å²) in [6.45, 7) is 0. The van der Waals surface area contributed by atoms with Gasteiger partial charge in [0.2, 0.25) is 0 Å². The van der Waals surface area contributed by atoms with Crippen LogP contribution in [0.1, 0.15) is 22.6 Å². The number of nitrogens with one attached hydrogen (secondary N) is 1. The van der Waals surface area contributed by atoms with Crippen LogP contribution in [-0.2, 0) is 6.42 Å². The molecule has 1 N–H and O–H groups in total. The second-order valence-corrected chi connectivity index (χ2v) is 7.51. The minimum atomic E-state index is 0.114. The third kappa shape index (κ3) is 2.71. The van der Waals surface area contributed by atoms with Crippen LogP contribution >= 0.6 is 0 Å². The first-order valence-corrected chi connectivity index (χ1v) is 10.2. The zero-order valence-corrected chi connectivity index (χ0v) is 17.4. The second-order valence-electron chi connectivity index (χ2n) is 7.51. The summed E-state index contributed by atoms with van der Waals surface area (Å²) < 4.78 is 11.4. The molecule has 1 heterocycles. The first-order valence-electron chi connectivity index (χ1n) is 10.2. The number of fused-ring (bicyclic) bond motifs is 5. The Morgan fingerprint density at radius 3 is 2.40 bits per heavy atom. The van der Waals surface area contributed by atoms with E-state index in [4.69, 9.17) is 14.5 Å². The van der Waals surface area contributed by atoms with Gasteiger partial charge in [-0.05, 0) is 29.0 Å². The molecule has 1 aromatic heterocycles. The average molecular weight is 396 g/mol. The molecule has 0 radical (unpaired) electrons. The van der Waals surface area contributed by atoms with Crippen LogP contribution in [0.4, 0.5) is 5.82 Å². The zero-order valence-electron chi connectivity index (χ0n) is 17.4. The van der Waals surface area contributed by atoms with Crippen molar-refractivity contribution in [3.8, 4) is 22.8 Å². The van der Waals surface area contributed by atoms with Crippen molar-refractivity contribution < 1.29 is 9.47 Å². The predicted molar refractivity (Wildman–Crippen MR) is 122 cm³/mol. The van der Waals surface area contributed by atoms with E-state index in [0.29, 0.717) is 0 Å². The monoisotopic (exact) mass is 396 g/mol. The van der Waals surface area contributed by atoms with Gasteiger partial charge in [-0.2, -0.15) is 0 Å². The SMILES string of the molecule is CNc1nc2c(c3ccccc13)C(c1cccc(OC)c1OC)Cc1ccccc1-2. The van der Waals surface area contributed by atoms with E-state index >= 15 is 0 Å². The van der Waals surface area contributed by atoms with Crippen LogP contribution in [0.2, 0.25) is 0 Å². The van der Waals surface area contributed by atoms with E-state index in [1.165, 1.54) is 22.1 Å². The summed E-state index contributed by atoms with van der Waals surface area (Å²) in [7, 11) is 5.32. The summed E-state index contributed by atoms with van der Waals surface area (Å²) in [5.74, 6) is 2.55. The van der Waals surface area contributed by atoms with E-state index in [0.717, 1.165) is 40.4 Å². The summed E-state index contributed by atoms with van der Waals surface area (Å²) in [6.07, 6.45) is 0.886. The molecule has 0 saturated heterocycles. The first kappa shape index (κ1) is 18.5. The number of ether oxygens (including phenoxy) is 2. The van der Waals surface area contributed by atoms with E-state index < -0.39 is 0 Å². The van der Waals surface area contributed by atoms with Crippen LogP contribution in [0.3, 0.4) is 0 Å². The molecule has 5 rings (SSSR count). The van der Waals surface area contributed by atoms with Gasteiger partial charge >= 0.3 is 0 Å². The standard InChI is InChI=1S/C26H24N2O2/c1-27-26-20-12-7-6-11-18(20)23-21(19-13-8-14-22(29-2)25(19)30-3)15-16-9-4-5-10-17(16)24(23)28-26/h4-14,21H,15H2,1-3H3,(H,27,28). The number of hydrogen-bond donors (Lipinski definition) is 1. The predicted octanol–water partition coefficient (Wildman–Crippen LogP) is 5.65. The van der Waals surface area contributed by atoms with E-state index in [1.807, 2.05) is 19.2 Å². The van der Waals surface area contributed by atoms with Crippen LogP contribution < -0.4 is 14.8 Å². The minimum absolute atomic E-state index is 0.114. The number of methoxy groups -OCH3 is 2. The van der Waals surface area contributed by atoms with Gasteiger partial charge in [0.25, 0.3) is 0 Å². The number of rotatable bonds is 4. The zero-order chi connectivity index (χ0) is 20.7. The van der Waals surface area contributed by atoms with Gasteiger partial charge in [0.15, 0.2) is 11.5 Å². The largest absolute Gasteiger partial charge is 0.493 e. The van der Waals surface area contributed by atoms with E-state index in [9.17, 15) is 0 Å². The number of nitrogens with zero attached hydrogens (tertiary/aromatic N) is 1. The molecule has 4 aromatic rings. The number of benzene rings is 3. The van der Waals surface area contributed by atoms with E-state index in [-0.39, 0.29) is 5.92 Å². The van der Waals surface area contributed by atoms with Crippen molar-refractivity contribution in [2.45, 2.75) is 12.3 Å². The molecule has 1 unspecified atom stereocenters. The van der Waals surface area contributed by atoms with Crippen molar-refractivity contribution in [2.75, 3.05) is 26.6 Å². The molecule has 4 heteroatoms. The van der Waals surface area contributed by atoms with Crippen LogP contribution in [0.15, 0.2) is 66.7 Å². The number of pyridine rings is 1. The highest BCUT2D eigenvalue weighted by molar-refractivity contribution is 5.99. The van der Waals surface area contributed by atoms with Crippen LogP contribution in [0.25, 0.3) is 22.0 Å². The Morgan fingerprint density at radius 2 is 1.63 bits per heavy atom. The molecule has 0 spiro atoms. The normalized spacial score (nSPS) is 14.7. The third-order valence-electron chi connectivity index (χ3n) is 6.04. The molecule has 0 aliphatic heterocycles.